The molecule has 1 aromatic carbocycles. The monoisotopic (exact) mass is 456 g/mol. The highest BCUT2D eigenvalue weighted by Gasteiger charge is 2.38. The van der Waals surface area contributed by atoms with Crippen molar-refractivity contribution in [3.8, 4) is 5.69 Å². The fourth-order valence-electron chi connectivity index (χ4n) is 4.81. The minimum Gasteiger partial charge on any atom is -0.477 e. The number of anilines is 1. The van der Waals surface area contributed by atoms with Gasteiger partial charge in [0.25, 0.3) is 0 Å². The Morgan fingerprint density at radius 2 is 2.00 bits per heavy atom. The lowest BCUT2D eigenvalue weighted by Crippen LogP contribution is -2.35. The van der Waals surface area contributed by atoms with Crippen molar-refractivity contribution < 1.29 is 23.1 Å². The number of allylic oxidation sites excluding steroid dienone is 1. The predicted molar refractivity (Wildman–Crippen MR) is 115 cm³/mol. The van der Waals surface area contributed by atoms with Crippen molar-refractivity contribution in [3.63, 3.8) is 0 Å². The maximum Gasteiger partial charge on any atom is 0.341 e. The van der Waals surface area contributed by atoms with Crippen molar-refractivity contribution in [3.05, 3.63) is 76.0 Å². The lowest BCUT2D eigenvalue weighted by Gasteiger charge is -2.25. The van der Waals surface area contributed by atoms with Crippen LogP contribution in [0.2, 0.25) is 0 Å². The van der Waals surface area contributed by atoms with Crippen molar-refractivity contribution >= 4 is 22.7 Å². The van der Waals surface area contributed by atoms with Crippen LogP contribution >= 0.6 is 0 Å². The first-order valence-corrected chi connectivity index (χ1v) is 10.4. The van der Waals surface area contributed by atoms with Gasteiger partial charge < -0.3 is 20.3 Å². The van der Waals surface area contributed by atoms with Crippen molar-refractivity contribution in [2.75, 3.05) is 18.0 Å². The second-order valence-corrected chi connectivity index (χ2v) is 8.37. The van der Waals surface area contributed by atoms with Gasteiger partial charge in [-0.15, -0.1) is 0 Å². The molecule has 7 nitrogen and oxygen atoms in total. The molecule has 0 bridgehead atoms. The molecule has 1 aliphatic carbocycles. The Bertz CT molecular complexity index is 1390. The fourth-order valence-corrected chi connectivity index (χ4v) is 4.81. The number of nitrogens with zero attached hydrogens (tertiary/aromatic N) is 3. The molecule has 0 unspecified atom stereocenters. The van der Waals surface area contributed by atoms with Crippen LogP contribution in [0.25, 0.3) is 16.6 Å². The molecular formula is C23H19F3N4O3. The molecular weight excluding hydrogens is 437 g/mol. The number of pyridine rings is 2. The molecule has 5 rings (SSSR count). The van der Waals surface area contributed by atoms with Gasteiger partial charge in [-0.3, -0.25) is 4.79 Å². The minimum atomic E-state index is -1.56. The molecule has 3 atom stereocenters. The predicted octanol–water partition coefficient (Wildman–Crippen LogP) is 2.84. The van der Waals surface area contributed by atoms with E-state index in [1.54, 1.807) is 4.90 Å². The Hall–Kier alpha value is -3.66. The van der Waals surface area contributed by atoms with Gasteiger partial charge in [-0.2, -0.15) is 0 Å². The Morgan fingerprint density at radius 1 is 1.21 bits per heavy atom. The van der Waals surface area contributed by atoms with E-state index in [2.05, 4.69) is 4.98 Å². The number of hydrogen-bond acceptors (Lipinski definition) is 5. The summed E-state index contributed by atoms with van der Waals surface area (Å²) in [6.45, 7) is 0.953. The molecule has 3 aromatic rings. The molecule has 1 fully saturated rings. The van der Waals surface area contributed by atoms with Gasteiger partial charge in [-0.05, 0) is 30.4 Å². The van der Waals surface area contributed by atoms with Crippen LogP contribution in [0.4, 0.5) is 19.0 Å². The van der Waals surface area contributed by atoms with Crippen LogP contribution in [0.5, 0.6) is 0 Å². The molecule has 0 radical (unpaired) electrons. The standard InChI is InChI=1S/C23H19F3N4O3/c24-12-4-5-18(16(25)6-12)30-10-15(23(32)33)21(31)13-7-28-22(19(26)20(13)30)29-8-11-2-1-3-17(27)14(11)9-29/h1,3-7,10-11,14,17H,2,8-9,27H2,(H,32,33)/t11-,14+,17-/m1/s1. The van der Waals surface area contributed by atoms with Gasteiger partial charge >= 0.3 is 5.97 Å². The van der Waals surface area contributed by atoms with Crippen LogP contribution in [-0.4, -0.2) is 39.8 Å². The molecule has 0 amide bonds. The van der Waals surface area contributed by atoms with E-state index in [4.69, 9.17) is 5.73 Å². The van der Waals surface area contributed by atoms with E-state index in [1.807, 2.05) is 12.2 Å². The first kappa shape index (κ1) is 21.2. The number of benzene rings is 1. The number of aromatic nitrogens is 2. The molecule has 33 heavy (non-hydrogen) atoms. The molecule has 2 aliphatic rings. The number of halogens is 3. The lowest BCUT2D eigenvalue weighted by atomic mass is 9.83. The average Bonchev–Trinajstić information content (AvgIpc) is 3.20. The SMILES string of the molecule is N[C@@H]1C=CC[C@@H]2CN(c3ncc4c(=O)c(C(=O)O)cn(-c5ccc(F)cc5F)c4c3F)C[C@@H]21. The highest BCUT2D eigenvalue weighted by molar-refractivity contribution is 5.93. The Balaban J connectivity index is 1.73. The lowest BCUT2D eigenvalue weighted by molar-refractivity contribution is 0.0695. The zero-order chi connectivity index (χ0) is 23.4. The minimum absolute atomic E-state index is 0.0390. The summed E-state index contributed by atoms with van der Waals surface area (Å²) >= 11 is 0. The van der Waals surface area contributed by atoms with Crippen LogP contribution < -0.4 is 16.1 Å². The van der Waals surface area contributed by atoms with Crippen LogP contribution in [0.15, 0.2) is 47.5 Å². The molecule has 1 aliphatic heterocycles. The summed E-state index contributed by atoms with van der Waals surface area (Å²) in [6, 6.07) is 2.44. The normalized spacial score (nSPS) is 22.1. The van der Waals surface area contributed by atoms with Crippen LogP contribution in [-0.2, 0) is 0 Å². The number of fused-ring (bicyclic) bond motifs is 2. The maximum absolute atomic E-state index is 15.9. The average molecular weight is 456 g/mol. The number of carboxylic acids is 1. The third-order valence-corrected chi connectivity index (χ3v) is 6.45. The zero-order valence-corrected chi connectivity index (χ0v) is 17.2. The van der Waals surface area contributed by atoms with Crippen molar-refractivity contribution in [2.24, 2.45) is 17.6 Å². The summed E-state index contributed by atoms with van der Waals surface area (Å²) in [5.41, 5.74) is 3.90. The quantitative estimate of drug-likeness (QED) is 0.588. The van der Waals surface area contributed by atoms with Gasteiger partial charge in [-0.25, -0.2) is 22.9 Å². The maximum atomic E-state index is 15.9. The number of aromatic carboxylic acids is 1. The molecule has 3 heterocycles. The summed E-state index contributed by atoms with van der Waals surface area (Å²) in [6.07, 6.45) is 6.68. The van der Waals surface area contributed by atoms with Gasteiger partial charge in [-0.1, -0.05) is 12.2 Å². The van der Waals surface area contributed by atoms with Crippen molar-refractivity contribution in [1.29, 1.82) is 0 Å². The molecule has 1 saturated heterocycles. The van der Waals surface area contributed by atoms with E-state index in [1.165, 1.54) is 0 Å². The molecule has 0 saturated carbocycles. The second kappa shape index (κ2) is 7.73. The van der Waals surface area contributed by atoms with E-state index >= 15 is 4.39 Å². The van der Waals surface area contributed by atoms with Gasteiger partial charge in [0.1, 0.15) is 17.2 Å². The van der Waals surface area contributed by atoms with Crippen LogP contribution in [0.3, 0.4) is 0 Å². The Morgan fingerprint density at radius 3 is 2.70 bits per heavy atom. The number of hydrogen-bond donors (Lipinski definition) is 2. The summed E-state index contributed by atoms with van der Waals surface area (Å²) in [5.74, 6) is -4.07. The van der Waals surface area contributed by atoms with E-state index in [0.29, 0.717) is 19.2 Å². The topological polar surface area (TPSA) is 101 Å². The second-order valence-electron chi connectivity index (χ2n) is 8.37. The van der Waals surface area contributed by atoms with Gasteiger partial charge in [0.05, 0.1) is 16.6 Å². The summed E-state index contributed by atoms with van der Waals surface area (Å²) in [5, 5.41) is 9.12. The first-order valence-electron chi connectivity index (χ1n) is 10.4. The van der Waals surface area contributed by atoms with Crippen molar-refractivity contribution in [1.82, 2.24) is 9.55 Å². The summed E-state index contributed by atoms with van der Waals surface area (Å²) in [4.78, 5) is 30.2. The number of rotatable bonds is 3. The van der Waals surface area contributed by atoms with Gasteiger partial charge in [0, 0.05) is 37.6 Å². The summed E-state index contributed by atoms with van der Waals surface area (Å²) in [7, 11) is 0. The van der Waals surface area contributed by atoms with Gasteiger partial charge in [0.2, 0.25) is 5.43 Å². The Kier molecular flexibility index (Phi) is 4.97. The highest BCUT2D eigenvalue weighted by Crippen LogP contribution is 2.36. The first-order chi connectivity index (χ1) is 15.8. The third-order valence-electron chi connectivity index (χ3n) is 6.45. The largest absolute Gasteiger partial charge is 0.477 e. The summed E-state index contributed by atoms with van der Waals surface area (Å²) < 4.78 is 44.9. The van der Waals surface area contributed by atoms with E-state index in [-0.39, 0.29) is 40.3 Å². The van der Waals surface area contributed by atoms with Crippen LogP contribution in [0, 0.1) is 29.3 Å². The van der Waals surface area contributed by atoms with Crippen molar-refractivity contribution in [2.45, 2.75) is 12.5 Å². The number of carbonyl (C=O) groups is 1. The Labute approximate surface area is 185 Å². The zero-order valence-electron chi connectivity index (χ0n) is 17.2. The van der Waals surface area contributed by atoms with Gasteiger partial charge in [0.15, 0.2) is 11.6 Å². The van der Waals surface area contributed by atoms with Crippen LogP contribution in [0.1, 0.15) is 16.8 Å². The number of carboxylic acid groups (broad SMARTS) is 1. The van der Waals surface area contributed by atoms with E-state index in [0.717, 1.165) is 35.5 Å². The smallest absolute Gasteiger partial charge is 0.341 e. The third kappa shape index (κ3) is 3.37. The molecule has 2 aromatic heterocycles. The molecule has 170 valence electrons. The number of nitrogens with two attached hydrogens (primary N) is 1. The fraction of sp³-hybridized carbons (Fsp3) is 0.261. The molecule has 10 heteroatoms. The van der Waals surface area contributed by atoms with E-state index < -0.39 is 34.4 Å². The molecule has 3 N–H and O–H groups in total. The molecule has 0 spiro atoms. The van der Waals surface area contributed by atoms with E-state index in [9.17, 15) is 23.5 Å². The highest BCUT2D eigenvalue weighted by atomic mass is 19.1.